The highest BCUT2D eigenvalue weighted by Crippen LogP contribution is 2.37. The van der Waals surface area contributed by atoms with Crippen LogP contribution in [0, 0.1) is 0 Å². The predicted molar refractivity (Wildman–Crippen MR) is 62.7 cm³/mol. The van der Waals surface area contributed by atoms with E-state index in [1.165, 1.54) is 47.3 Å². The Morgan fingerprint density at radius 1 is 1.43 bits per heavy atom. The lowest BCUT2D eigenvalue weighted by Crippen LogP contribution is -2.18. The molecule has 2 nitrogen and oxygen atoms in total. The van der Waals surface area contributed by atoms with Crippen LogP contribution in [0.5, 0.6) is 0 Å². The first kappa shape index (κ1) is 9.28. The smallest absolute Gasteiger partial charge is 0.107 e. The maximum absolute atomic E-state index is 4.72. The highest BCUT2D eigenvalue weighted by Gasteiger charge is 2.26. The Bertz CT molecular complexity index is 357. The minimum absolute atomic E-state index is 0.681. The molecule has 0 amide bonds. The zero-order chi connectivity index (χ0) is 9.54. The molecule has 1 fully saturated rings. The summed E-state index contributed by atoms with van der Waals surface area (Å²) in [5.41, 5.74) is 2.79. The van der Waals surface area contributed by atoms with E-state index in [1.807, 2.05) is 11.8 Å². The number of halogens is 1. The number of hydrogen-bond acceptors (Lipinski definition) is 2. The summed E-state index contributed by atoms with van der Waals surface area (Å²) in [6, 6.07) is 0.681. The van der Waals surface area contributed by atoms with Gasteiger partial charge >= 0.3 is 0 Å². The summed E-state index contributed by atoms with van der Waals surface area (Å²) >= 11 is 5.70. The third-order valence-corrected chi connectivity index (χ3v) is 5.00. The van der Waals surface area contributed by atoms with E-state index in [0.29, 0.717) is 6.04 Å². The molecular weight excluding hydrogens is 260 g/mol. The lowest BCUT2D eigenvalue weighted by molar-refractivity contribution is 0.284. The number of rotatable bonds is 1. The third-order valence-electron chi connectivity index (χ3n) is 3.18. The minimum Gasteiger partial charge on any atom is -0.255 e. The van der Waals surface area contributed by atoms with Crippen molar-refractivity contribution in [3.8, 4) is 0 Å². The molecule has 2 heterocycles. The summed E-state index contributed by atoms with van der Waals surface area (Å²) < 4.78 is 3.48. The van der Waals surface area contributed by atoms with Crippen LogP contribution >= 0.6 is 27.7 Å². The maximum Gasteiger partial charge on any atom is 0.107 e. The molecule has 76 valence electrons. The number of nitrogens with zero attached hydrogens (tertiary/aromatic N) is 2. The molecule has 0 unspecified atom stereocenters. The van der Waals surface area contributed by atoms with Gasteiger partial charge in [0.25, 0.3) is 0 Å². The topological polar surface area (TPSA) is 17.8 Å². The van der Waals surface area contributed by atoms with E-state index >= 15 is 0 Å². The molecule has 1 aliphatic carbocycles. The number of hydrogen-bond donors (Lipinski definition) is 0. The van der Waals surface area contributed by atoms with Crippen LogP contribution in [0.2, 0.25) is 0 Å². The van der Waals surface area contributed by atoms with E-state index < -0.39 is 0 Å². The van der Waals surface area contributed by atoms with Crippen LogP contribution in [0.4, 0.5) is 0 Å². The Morgan fingerprint density at radius 3 is 2.93 bits per heavy atom. The average Bonchev–Trinajstić information content (AvgIpc) is 2.43. The Labute approximate surface area is 96.6 Å². The lowest BCUT2D eigenvalue weighted by Gasteiger charge is -2.26. The van der Waals surface area contributed by atoms with Crippen molar-refractivity contribution in [2.75, 3.05) is 5.75 Å². The van der Waals surface area contributed by atoms with Gasteiger partial charge in [-0.2, -0.15) is 16.9 Å². The first-order valence-electron chi connectivity index (χ1n) is 5.20. The molecule has 0 atom stereocenters. The molecule has 1 aromatic heterocycles. The Balaban J connectivity index is 2.00. The lowest BCUT2D eigenvalue weighted by atomic mass is 9.93. The third kappa shape index (κ3) is 1.34. The summed E-state index contributed by atoms with van der Waals surface area (Å²) in [5, 5.41) is 4.72. The van der Waals surface area contributed by atoms with Crippen LogP contribution in [0.3, 0.4) is 0 Å². The summed E-state index contributed by atoms with van der Waals surface area (Å²) in [7, 11) is 0. The normalized spacial score (nSPS) is 21.8. The van der Waals surface area contributed by atoms with E-state index in [1.54, 1.807) is 0 Å². The Kier molecular flexibility index (Phi) is 2.36. The molecule has 3 rings (SSSR count). The van der Waals surface area contributed by atoms with Gasteiger partial charge in [-0.25, -0.2) is 0 Å². The molecule has 0 spiro atoms. The van der Waals surface area contributed by atoms with Crippen molar-refractivity contribution in [1.82, 2.24) is 9.78 Å². The monoisotopic (exact) mass is 272 g/mol. The van der Waals surface area contributed by atoms with Crippen molar-refractivity contribution in [3.05, 3.63) is 15.9 Å². The van der Waals surface area contributed by atoms with Gasteiger partial charge in [0.05, 0.1) is 11.7 Å². The SMILES string of the molecule is Brc1c2c(nn1C1CCC1)CSCC2. The van der Waals surface area contributed by atoms with Crippen molar-refractivity contribution in [3.63, 3.8) is 0 Å². The van der Waals surface area contributed by atoms with Crippen molar-refractivity contribution in [2.24, 2.45) is 0 Å². The van der Waals surface area contributed by atoms with E-state index in [2.05, 4.69) is 20.6 Å². The fourth-order valence-corrected chi connectivity index (χ4v) is 3.79. The van der Waals surface area contributed by atoms with Crippen LogP contribution in [0.1, 0.15) is 36.6 Å². The second-order valence-corrected chi connectivity index (χ2v) is 5.90. The molecule has 0 saturated heterocycles. The van der Waals surface area contributed by atoms with Crippen molar-refractivity contribution >= 4 is 27.7 Å². The molecule has 1 aliphatic heterocycles. The van der Waals surface area contributed by atoms with Gasteiger partial charge in [0.15, 0.2) is 0 Å². The van der Waals surface area contributed by atoms with Crippen molar-refractivity contribution in [1.29, 1.82) is 0 Å². The molecule has 2 aliphatic rings. The van der Waals surface area contributed by atoms with E-state index in [9.17, 15) is 0 Å². The largest absolute Gasteiger partial charge is 0.255 e. The molecule has 0 N–H and O–H groups in total. The van der Waals surface area contributed by atoms with Crippen LogP contribution in [0.15, 0.2) is 4.60 Å². The Hall–Kier alpha value is 0.0400. The van der Waals surface area contributed by atoms with Gasteiger partial charge in [0, 0.05) is 11.3 Å². The van der Waals surface area contributed by atoms with E-state index in [-0.39, 0.29) is 0 Å². The van der Waals surface area contributed by atoms with Crippen LogP contribution < -0.4 is 0 Å². The molecule has 0 aromatic carbocycles. The highest BCUT2D eigenvalue weighted by molar-refractivity contribution is 9.10. The van der Waals surface area contributed by atoms with Crippen LogP contribution in [-0.2, 0) is 12.2 Å². The molecule has 4 heteroatoms. The van der Waals surface area contributed by atoms with Crippen molar-refractivity contribution < 1.29 is 0 Å². The zero-order valence-corrected chi connectivity index (χ0v) is 10.4. The number of fused-ring (bicyclic) bond motifs is 1. The first-order chi connectivity index (χ1) is 6.86. The van der Waals surface area contributed by atoms with Gasteiger partial charge in [0.2, 0.25) is 0 Å². The standard InChI is InChI=1S/C10H13BrN2S/c11-10-8-4-5-14-6-9(8)12-13(10)7-2-1-3-7/h7H,1-6H2. The van der Waals surface area contributed by atoms with Gasteiger partial charge in [-0.1, -0.05) is 0 Å². The number of thioether (sulfide) groups is 1. The number of aromatic nitrogens is 2. The molecule has 0 bridgehead atoms. The zero-order valence-electron chi connectivity index (χ0n) is 8.00. The van der Waals surface area contributed by atoms with Gasteiger partial charge in [-0.15, -0.1) is 0 Å². The molecule has 1 aromatic rings. The van der Waals surface area contributed by atoms with Gasteiger partial charge in [-0.3, -0.25) is 4.68 Å². The van der Waals surface area contributed by atoms with Crippen LogP contribution in [0.25, 0.3) is 0 Å². The average molecular weight is 273 g/mol. The molecule has 0 radical (unpaired) electrons. The summed E-state index contributed by atoms with van der Waals surface area (Å²) in [6.07, 6.45) is 5.18. The highest BCUT2D eigenvalue weighted by atomic mass is 79.9. The van der Waals surface area contributed by atoms with E-state index in [0.717, 1.165) is 5.75 Å². The fourth-order valence-electron chi connectivity index (χ4n) is 2.07. The quantitative estimate of drug-likeness (QED) is 0.782. The predicted octanol–water partition coefficient (Wildman–Crippen LogP) is 3.16. The van der Waals surface area contributed by atoms with Gasteiger partial charge in [0.1, 0.15) is 4.60 Å². The van der Waals surface area contributed by atoms with Gasteiger partial charge in [-0.05, 0) is 47.4 Å². The Morgan fingerprint density at radius 2 is 2.29 bits per heavy atom. The second kappa shape index (κ2) is 3.56. The maximum atomic E-state index is 4.72. The second-order valence-electron chi connectivity index (χ2n) is 4.05. The first-order valence-corrected chi connectivity index (χ1v) is 7.14. The van der Waals surface area contributed by atoms with Crippen molar-refractivity contribution in [2.45, 2.75) is 37.5 Å². The summed E-state index contributed by atoms with van der Waals surface area (Å²) in [4.78, 5) is 0. The van der Waals surface area contributed by atoms with Gasteiger partial charge < -0.3 is 0 Å². The van der Waals surface area contributed by atoms with E-state index in [4.69, 9.17) is 5.10 Å². The molecule has 14 heavy (non-hydrogen) atoms. The summed E-state index contributed by atoms with van der Waals surface area (Å²) in [5.74, 6) is 2.36. The van der Waals surface area contributed by atoms with Crippen LogP contribution in [-0.4, -0.2) is 15.5 Å². The summed E-state index contributed by atoms with van der Waals surface area (Å²) in [6.45, 7) is 0. The molecular formula is C10H13BrN2S. The minimum atomic E-state index is 0.681. The fraction of sp³-hybridized carbons (Fsp3) is 0.700. The molecule has 1 saturated carbocycles.